The van der Waals surface area contributed by atoms with Crippen molar-refractivity contribution in [3.8, 4) is 5.75 Å². The zero-order chi connectivity index (χ0) is 18.7. The van der Waals surface area contributed by atoms with Gasteiger partial charge in [-0.3, -0.25) is 14.4 Å². The second kappa shape index (κ2) is 7.61. The molecule has 1 aliphatic rings. The SMILES string of the molecule is COc1ccc(CNC(=O)Cn2ncc3c(c2=O)N(C)C(=O)CS3)cc1. The average Bonchev–Trinajstić information content (AvgIpc) is 2.65. The Kier molecular flexibility index (Phi) is 5.27. The molecule has 0 aliphatic carbocycles. The second-order valence-corrected chi connectivity index (χ2v) is 6.70. The quantitative estimate of drug-likeness (QED) is 0.825. The summed E-state index contributed by atoms with van der Waals surface area (Å²) in [6.45, 7) is 0.117. The van der Waals surface area contributed by atoms with E-state index in [4.69, 9.17) is 4.74 Å². The van der Waals surface area contributed by atoms with Crippen LogP contribution >= 0.6 is 11.8 Å². The lowest BCUT2D eigenvalue weighted by atomic mass is 10.2. The van der Waals surface area contributed by atoms with E-state index >= 15 is 0 Å². The van der Waals surface area contributed by atoms with Crippen molar-refractivity contribution in [3.63, 3.8) is 0 Å². The van der Waals surface area contributed by atoms with E-state index in [0.29, 0.717) is 11.4 Å². The molecule has 2 aromatic rings. The van der Waals surface area contributed by atoms with Crippen molar-refractivity contribution >= 4 is 29.3 Å². The Morgan fingerprint density at radius 3 is 2.73 bits per heavy atom. The predicted molar refractivity (Wildman–Crippen MR) is 97.5 cm³/mol. The van der Waals surface area contributed by atoms with Crippen LogP contribution in [0.25, 0.3) is 0 Å². The van der Waals surface area contributed by atoms with Gasteiger partial charge in [-0.25, -0.2) is 4.68 Å². The van der Waals surface area contributed by atoms with E-state index in [0.717, 1.165) is 16.0 Å². The number of methoxy groups -OCH3 is 1. The van der Waals surface area contributed by atoms with Gasteiger partial charge in [-0.2, -0.15) is 5.10 Å². The Labute approximate surface area is 154 Å². The molecule has 9 heteroatoms. The molecule has 1 N–H and O–H groups in total. The number of hydrogen-bond donors (Lipinski definition) is 1. The lowest BCUT2D eigenvalue weighted by molar-refractivity contribution is -0.122. The summed E-state index contributed by atoms with van der Waals surface area (Å²) in [7, 11) is 3.14. The van der Waals surface area contributed by atoms with E-state index < -0.39 is 5.56 Å². The fourth-order valence-electron chi connectivity index (χ4n) is 2.49. The van der Waals surface area contributed by atoms with Gasteiger partial charge in [0.2, 0.25) is 11.8 Å². The number of nitrogens with zero attached hydrogens (tertiary/aromatic N) is 3. The fourth-order valence-corrected chi connectivity index (χ4v) is 3.44. The van der Waals surface area contributed by atoms with Gasteiger partial charge in [-0.15, -0.1) is 11.8 Å². The minimum absolute atomic E-state index is 0.152. The van der Waals surface area contributed by atoms with E-state index in [2.05, 4.69) is 10.4 Å². The number of rotatable bonds is 5. The summed E-state index contributed by atoms with van der Waals surface area (Å²) in [5.74, 6) is 0.521. The van der Waals surface area contributed by atoms with Gasteiger partial charge in [0.05, 0.1) is 24.0 Å². The minimum Gasteiger partial charge on any atom is -0.497 e. The van der Waals surface area contributed by atoms with Crippen molar-refractivity contribution in [1.29, 1.82) is 0 Å². The third-order valence-electron chi connectivity index (χ3n) is 3.99. The van der Waals surface area contributed by atoms with E-state index in [1.807, 2.05) is 24.3 Å². The molecule has 0 saturated carbocycles. The lowest BCUT2D eigenvalue weighted by Gasteiger charge is -2.24. The third-order valence-corrected chi connectivity index (χ3v) is 4.99. The van der Waals surface area contributed by atoms with Gasteiger partial charge >= 0.3 is 0 Å². The van der Waals surface area contributed by atoms with Gasteiger partial charge in [0.25, 0.3) is 5.56 Å². The van der Waals surface area contributed by atoms with Gasteiger partial charge in [0.15, 0.2) is 0 Å². The van der Waals surface area contributed by atoms with Crippen molar-refractivity contribution in [2.24, 2.45) is 0 Å². The van der Waals surface area contributed by atoms with Crippen LogP contribution in [-0.2, 0) is 22.7 Å². The highest BCUT2D eigenvalue weighted by Crippen LogP contribution is 2.30. The molecule has 0 saturated heterocycles. The van der Waals surface area contributed by atoms with Crippen LogP contribution in [0, 0.1) is 0 Å². The minimum atomic E-state index is -0.454. The molecule has 0 unspecified atom stereocenters. The summed E-state index contributed by atoms with van der Waals surface area (Å²) < 4.78 is 6.15. The molecule has 26 heavy (non-hydrogen) atoms. The molecule has 3 rings (SSSR count). The number of carbonyl (C=O) groups excluding carboxylic acids is 2. The van der Waals surface area contributed by atoms with Crippen molar-refractivity contribution in [3.05, 3.63) is 46.4 Å². The third kappa shape index (κ3) is 3.72. The number of nitrogens with one attached hydrogen (secondary N) is 1. The summed E-state index contributed by atoms with van der Waals surface area (Å²) in [5.41, 5.74) is 0.723. The Morgan fingerprint density at radius 1 is 1.31 bits per heavy atom. The molecular weight excluding hydrogens is 356 g/mol. The van der Waals surface area contributed by atoms with Crippen LogP contribution < -0.4 is 20.5 Å². The Hall–Kier alpha value is -2.81. The molecule has 1 aromatic carbocycles. The number of thioether (sulfide) groups is 1. The average molecular weight is 374 g/mol. The molecule has 2 amide bonds. The molecule has 1 aromatic heterocycles. The summed E-state index contributed by atoms with van der Waals surface area (Å²) >= 11 is 1.27. The van der Waals surface area contributed by atoms with E-state index in [1.54, 1.807) is 14.2 Å². The van der Waals surface area contributed by atoms with Gasteiger partial charge in [-0.05, 0) is 17.7 Å². The number of benzene rings is 1. The normalized spacial score (nSPS) is 13.3. The summed E-state index contributed by atoms with van der Waals surface area (Å²) in [6, 6.07) is 7.31. The van der Waals surface area contributed by atoms with Gasteiger partial charge in [0.1, 0.15) is 18.0 Å². The first kappa shape index (κ1) is 18.0. The molecule has 0 radical (unpaired) electrons. The molecule has 0 fully saturated rings. The number of fused-ring (bicyclic) bond motifs is 1. The number of carbonyl (C=O) groups is 2. The molecule has 8 nitrogen and oxygen atoms in total. The van der Waals surface area contributed by atoms with Crippen molar-refractivity contribution in [2.45, 2.75) is 18.0 Å². The van der Waals surface area contributed by atoms with E-state index in [1.165, 1.54) is 22.9 Å². The number of amides is 2. The number of anilines is 1. The van der Waals surface area contributed by atoms with Crippen molar-refractivity contribution < 1.29 is 14.3 Å². The standard InChI is InChI=1S/C17H18N4O4S/c1-20-15(23)10-26-13-8-19-21(17(24)16(13)20)9-14(22)18-7-11-3-5-12(25-2)6-4-11/h3-6,8H,7,9-10H2,1-2H3,(H,18,22). The zero-order valence-electron chi connectivity index (χ0n) is 14.4. The molecule has 0 spiro atoms. The second-order valence-electron chi connectivity index (χ2n) is 5.69. The fraction of sp³-hybridized carbons (Fsp3) is 0.294. The van der Waals surface area contributed by atoms with Gasteiger partial charge in [-0.1, -0.05) is 12.1 Å². The highest BCUT2D eigenvalue weighted by molar-refractivity contribution is 8.00. The number of hydrogen-bond acceptors (Lipinski definition) is 6. The topological polar surface area (TPSA) is 93.5 Å². The summed E-state index contributed by atoms with van der Waals surface area (Å²) in [5, 5.41) is 6.78. The molecule has 2 heterocycles. The summed E-state index contributed by atoms with van der Waals surface area (Å²) in [4.78, 5) is 38.5. The van der Waals surface area contributed by atoms with Crippen LogP contribution in [0.1, 0.15) is 5.56 Å². The first-order valence-electron chi connectivity index (χ1n) is 7.88. The van der Waals surface area contributed by atoms with E-state index in [9.17, 15) is 14.4 Å². The Morgan fingerprint density at radius 2 is 2.04 bits per heavy atom. The maximum absolute atomic E-state index is 12.5. The number of aromatic nitrogens is 2. The zero-order valence-corrected chi connectivity index (χ0v) is 15.2. The lowest BCUT2D eigenvalue weighted by Crippen LogP contribution is -2.40. The monoisotopic (exact) mass is 374 g/mol. The van der Waals surface area contributed by atoms with Crippen LogP contribution in [0.5, 0.6) is 5.75 Å². The van der Waals surface area contributed by atoms with Crippen LogP contribution in [0.15, 0.2) is 40.2 Å². The van der Waals surface area contributed by atoms with Gasteiger partial charge in [0, 0.05) is 13.6 Å². The van der Waals surface area contributed by atoms with Crippen LogP contribution in [-0.4, -0.2) is 41.5 Å². The predicted octanol–water partition coefficient (Wildman–Crippen LogP) is 0.637. The molecule has 0 bridgehead atoms. The first-order valence-corrected chi connectivity index (χ1v) is 8.87. The van der Waals surface area contributed by atoms with Crippen molar-refractivity contribution in [1.82, 2.24) is 15.1 Å². The van der Waals surface area contributed by atoms with Crippen LogP contribution in [0.2, 0.25) is 0 Å². The van der Waals surface area contributed by atoms with Gasteiger partial charge < -0.3 is 15.0 Å². The maximum Gasteiger partial charge on any atom is 0.292 e. The summed E-state index contributed by atoms with van der Waals surface area (Å²) in [6.07, 6.45) is 1.51. The van der Waals surface area contributed by atoms with Crippen LogP contribution in [0.3, 0.4) is 0 Å². The largest absolute Gasteiger partial charge is 0.497 e. The van der Waals surface area contributed by atoms with Crippen LogP contribution in [0.4, 0.5) is 5.69 Å². The Balaban J connectivity index is 1.68. The highest BCUT2D eigenvalue weighted by atomic mass is 32.2. The van der Waals surface area contributed by atoms with E-state index in [-0.39, 0.29) is 29.8 Å². The molecule has 136 valence electrons. The van der Waals surface area contributed by atoms with Crippen molar-refractivity contribution in [2.75, 3.05) is 24.8 Å². The Bertz CT molecular complexity index is 895. The molecule has 1 aliphatic heterocycles. The highest BCUT2D eigenvalue weighted by Gasteiger charge is 2.26. The smallest absolute Gasteiger partial charge is 0.292 e. The number of ether oxygens (including phenoxy) is 1. The molecular formula is C17H18N4O4S. The molecule has 0 atom stereocenters. The maximum atomic E-state index is 12.5. The first-order chi connectivity index (χ1) is 12.5.